The van der Waals surface area contributed by atoms with E-state index >= 15 is 0 Å². The van der Waals surface area contributed by atoms with Crippen molar-refractivity contribution in [3.8, 4) is 0 Å². The Hall–Kier alpha value is -0.240. The van der Waals surface area contributed by atoms with Gasteiger partial charge in [0.2, 0.25) is 0 Å². The smallest absolute Gasteiger partial charge is 1.00 e. The fourth-order valence-corrected chi connectivity index (χ4v) is 7.35. The van der Waals surface area contributed by atoms with Crippen LogP contribution in [0.25, 0.3) is 0 Å². The molecule has 0 aliphatic rings. The molecule has 192 valence electrons. The molecule has 0 aromatic rings. The van der Waals surface area contributed by atoms with E-state index in [4.69, 9.17) is 0 Å². The van der Waals surface area contributed by atoms with Gasteiger partial charge in [-0.15, -0.1) is 0 Å². The second-order valence-corrected chi connectivity index (χ2v) is 11.7. The summed E-state index contributed by atoms with van der Waals surface area (Å²) in [6.45, 7) is 3.99. The number of rotatable bonds is 19. The number of hydrogen-bond donors (Lipinski definition) is 4. The van der Waals surface area contributed by atoms with Gasteiger partial charge >= 0.3 is 45.6 Å². The zero-order chi connectivity index (χ0) is 25.1. The molecule has 13 heteroatoms. The second-order valence-electron chi connectivity index (χ2n) is 8.29. The first-order valence-electron chi connectivity index (χ1n) is 11.2. The van der Waals surface area contributed by atoms with Crippen LogP contribution in [0.1, 0.15) is 105 Å². The Morgan fingerprint density at radius 1 is 0.636 bits per heavy atom. The molecule has 0 aliphatic heterocycles. The number of hydrogen-bond acceptors (Lipinski definition) is 6. The van der Waals surface area contributed by atoms with E-state index in [1.54, 1.807) is 0 Å². The van der Waals surface area contributed by atoms with E-state index < -0.39 is 54.5 Å². The minimum absolute atomic E-state index is 0. The topological polar surface area (TPSA) is 183 Å². The zero-order valence-corrected chi connectivity index (χ0v) is 23.6. The van der Waals surface area contributed by atoms with Crippen molar-refractivity contribution in [2.75, 3.05) is 0 Å². The predicted molar refractivity (Wildman–Crippen MR) is 121 cm³/mol. The zero-order valence-electron chi connectivity index (χ0n) is 21.0. The number of unbranched alkanes of at least 4 members (excludes halogenated alkanes) is 10. The molecule has 0 radical (unpaired) electrons. The number of carboxylic acid groups (broad SMARTS) is 2. The molecule has 0 rings (SSSR count). The fourth-order valence-electron chi connectivity index (χ4n) is 4.28. The first kappa shape index (κ1) is 34.9. The first-order chi connectivity index (χ1) is 14.8. The maximum absolute atomic E-state index is 12.4. The average Bonchev–Trinajstić information content (AvgIpc) is 2.64. The molecule has 0 aromatic heterocycles. The van der Waals surface area contributed by atoms with Crippen LogP contribution in [-0.2, 0) is 29.8 Å². The van der Waals surface area contributed by atoms with Crippen LogP contribution in [0.15, 0.2) is 0 Å². The fraction of sp³-hybridized carbons (Fsp3) is 0.900. The van der Waals surface area contributed by atoms with Gasteiger partial charge in [-0.1, -0.05) is 90.9 Å². The van der Waals surface area contributed by atoms with Crippen LogP contribution < -0.4 is 29.6 Å². The van der Waals surface area contributed by atoms with Crippen LogP contribution in [0.2, 0.25) is 0 Å². The molecule has 0 aliphatic carbocycles. The Kier molecular flexibility index (Phi) is 16.6. The van der Waals surface area contributed by atoms with Crippen LogP contribution in [0.3, 0.4) is 0 Å². The standard InChI is InChI=1S/C20H38O10S2.Na.H/c1-3-5-7-9-11-13-15-19(17(21)22,16-14-12-10-8-6-4-2)20(18(23)24,31(25,26)27)32(28,29)30;;/h3-16H2,1-2H3,(H,21,22)(H,23,24)(H,25,26,27)(H,28,29,30);;/q;+1;-1. The molecule has 0 saturated carbocycles. The molecule has 33 heavy (non-hydrogen) atoms. The summed E-state index contributed by atoms with van der Waals surface area (Å²) < 4.78 is 64.0. The normalized spacial score (nSPS) is 12.8. The minimum Gasteiger partial charge on any atom is -1.00 e. The van der Waals surface area contributed by atoms with E-state index in [1.165, 1.54) is 0 Å². The third-order valence-electron chi connectivity index (χ3n) is 5.96. The van der Waals surface area contributed by atoms with Crippen LogP contribution in [0.4, 0.5) is 0 Å². The molecular formula is C20H39NaO10S2. The van der Waals surface area contributed by atoms with Gasteiger partial charge in [0.25, 0.3) is 20.2 Å². The molecule has 4 N–H and O–H groups in total. The molecule has 0 unspecified atom stereocenters. The summed E-state index contributed by atoms with van der Waals surface area (Å²) in [7, 11) is -12.2. The van der Waals surface area contributed by atoms with E-state index in [1.807, 2.05) is 13.8 Å². The Morgan fingerprint density at radius 2 is 0.939 bits per heavy atom. The molecule has 0 spiro atoms. The van der Waals surface area contributed by atoms with Gasteiger partial charge < -0.3 is 11.6 Å². The Balaban J connectivity index is -0.00000480. The van der Waals surface area contributed by atoms with Crippen molar-refractivity contribution in [1.82, 2.24) is 0 Å². The van der Waals surface area contributed by atoms with E-state index in [-0.39, 0.29) is 43.8 Å². The Bertz CT molecular complexity index is 767. The van der Waals surface area contributed by atoms with Crippen molar-refractivity contribution >= 4 is 32.2 Å². The van der Waals surface area contributed by atoms with E-state index in [2.05, 4.69) is 0 Å². The van der Waals surface area contributed by atoms with Crippen LogP contribution >= 0.6 is 0 Å². The maximum atomic E-state index is 12.4. The largest absolute Gasteiger partial charge is 1.00 e. The van der Waals surface area contributed by atoms with Crippen molar-refractivity contribution in [1.29, 1.82) is 0 Å². The third-order valence-corrected chi connectivity index (χ3v) is 9.81. The van der Waals surface area contributed by atoms with Crippen LogP contribution in [0, 0.1) is 5.41 Å². The summed E-state index contributed by atoms with van der Waals surface area (Å²) in [4.78, 5) is 24.5. The summed E-state index contributed by atoms with van der Waals surface area (Å²) in [6, 6.07) is 0. The van der Waals surface area contributed by atoms with Gasteiger partial charge in [-0.05, 0) is 12.8 Å². The van der Waals surface area contributed by atoms with Crippen molar-refractivity contribution < 1.29 is 76.7 Å². The number of carboxylic acids is 2. The van der Waals surface area contributed by atoms with Crippen molar-refractivity contribution in [3.05, 3.63) is 0 Å². The van der Waals surface area contributed by atoms with E-state index in [0.717, 1.165) is 38.5 Å². The monoisotopic (exact) mass is 526 g/mol. The molecular weight excluding hydrogens is 487 g/mol. The molecule has 0 fully saturated rings. The summed E-state index contributed by atoms with van der Waals surface area (Å²) in [6.07, 6.45) is 6.32. The number of carbonyl (C=O) groups is 2. The molecule has 0 bridgehead atoms. The van der Waals surface area contributed by atoms with Gasteiger partial charge in [0.05, 0.1) is 0 Å². The van der Waals surface area contributed by atoms with E-state index in [0.29, 0.717) is 25.7 Å². The van der Waals surface area contributed by atoms with Gasteiger partial charge in [-0.2, -0.15) is 16.8 Å². The van der Waals surface area contributed by atoms with Gasteiger partial charge in [-0.3, -0.25) is 13.9 Å². The Morgan fingerprint density at radius 3 is 1.18 bits per heavy atom. The van der Waals surface area contributed by atoms with Crippen molar-refractivity contribution in [3.63, 3.8) is 0 Å². The molecule has 0 atom stereocenters. The van der Waals surface area contributed by atoms with Crippen molar-refractivity contribution in [2.45, 2.75) is 108 Å². The van der Waals surface area contributed by atoms with Gasteiger partial charge in [0.1, 0.15) is 5.41 Å². The van der Waals surface area contributed by atoms with Crippen molar-refractivity contribution in [2.24, 2.45) is 5.41 Å². The summed E-state index contributed by atoms with van der Waals surface area (Å²) in [5, 5.41) is 19.7. The average molecular weight is 527 g/mol. The number of aliphatic carboxylic acids is 2. The maximum Gasteiger partial charge on any atom is 1.00 e. The van der Waals surface area contributed by atoms with E-state index in [9.17, 15) is 45.7 Å². The minimum atomic E-state index is -6.11. The summed E-state index contributed by atoms with van der Waals surface area (Å²) >= 11 is 0. The molecule has 0 amide bonds. The van der Waals surface area contributed by atoms with Crippen LogP contribution in [-0.4, -0.2) is 52.2 Å². The molecule has 10 nitrogen and oxygen atoms in total. The van der Waals surface area contributed by atoms with Gasteiger partial charge in [0.15, 0.2) is 0 Å². The third kappa shape index (κ3) is 8.73. The predicted octanol–water partition coefficient (Wildman–Crippen LogP) is 1.23. The van der Waals surface area contributed by atoms with Gasteiger partial charge in [0, 0.05) is 0 Å². The Labute approximate surface area is 221 Å². The SMILES string of the molecule is CCCCCCCCC(CCCCCCCC)(C(=O)O)C(C(=O)O)(S(=O)(=O)O)S(=O)(=O)O.[H-].[Na+]. The quantitative estimate of drug-likeness (QED) is 0.108. The molecule has 0 aromatic carbocycles. The molecule has 0 heterocycles. The first-order valence-corrected chi connectivity index (χ1v) is 14.0. The van der Waals surface area contributed by atoms with Crippen LogP contribution in [0.5, 0.6) is 0 Å². The summed E-state index contributed by atoms with van der Waals surface area (Å²) in [5.74, 6) is -4.64. The second kappa shape index (κ2) is 15.7. The summed E-state index contributed by atoms with van der Waals surface area (Å²) in [5.41, 5.74) is -2.96. The van der Waals surface area contributed by atoms with Gasteiger partial charge in [-0.25, -0.2) is 4.79 Å². The molecule has 0 saturated heterocycles.